The molecule has 2 heterocycles. The normalized spacial score (nSPS) is 18.4. The van der Waals surface area contributed by atoms with Gasteiger partial charge in [-0.1, -0.05) is 63.2 Å². The van der Waals surface area contributed by atoms with Crippen molar-refractivity contribution in [3.63, 3.8) is 0 Å². The number of nitrogens with one attached hydrogen (secondary N) is 1. The lowest BCUT2D eigenvalue weighted by Gasteiger charge is -2.26. The lowest BCUT2D eigenvalue weighted by atomic mass is 9.85. The van der Waals surface area contributed by atoms with Crippen LogP contribution in [0.4, 0.5) is 0 Å². The summed E-state index contributed by atoms with van der Waals surface area (Å²) in [6.45, 7) is 7.23. The van der Waals surface area contributed by atoms with E-state index in [4.69, 9.17) is 4.74 Å². The number of aromatic amines is 1. The summed E-state index contributed by atoms with van der Waals surface area (Å²) < 4.78 is 5.15. The molecule has 2 N–H and O–H groups in total. The number of para-hydroxylation sites is 1. The molecule has 6 heteroatoms. The zero-order valence-electron chi connectivity index (χ0n) is 19.5. The fourth-order valence-corrected chi connectivity index (χ4v) is 4.41. The first-order valence-corrected chi connectivity index (χ1v) is 11.2. The van der Waals surface area contributed by atoms with Crippen molar-refractivity contribution in [2.24, 2.45) is 0 Å². The van der Waals surface area contributed by atoms with Gasteiger partial charge in [0.15, 0.2) is 0 Å². The van der Waals surface area contributed by atoms with Crippen LogP contribution in [0.1, 0.15) is 49.9 Å². The van der Waals surface area contributed by atoms with Crippen molar-refractivity contribution in [3.8, 4) is 0 Å². The van der Waals surface area contributed by atoms with Crippen LogP contribution < -0.4 is 0 Å². The Labute approximate surface area is 193 Å². The lowest BCUT2D eigenvalue weighted by Crippen LogP contribution is -2.31. The molecule has 1 amide bonds. The van der Waals surface area contributed by atoms with Gasteiger partial charge in [-0.3, -0.25) is 9.59 Å². The summed E-state index contributed by atoms with van der Waals surface area (Å²) in [6.07, 6.45) is 2.27. The van der Waals surface area contributed by atoms with Crippen LogP contribution >= 0.6 is 0 Å². The van der Waals surface area contributed by atoms with Crippen LogP contribution in [0.3, 0.4) is 0 Å². The van der Waals surface area contributed by atoms with Gasteiger partial charge >= 0.3 is 0 Å². The van der Waals surface area contributed by atoms with E-state index in [0.717, 1.165) is 22.0 Å². The Morgan fingerprint density at radius 3 is 2.45 bits per heavy atom. The van der Waals surface area contributed by atoms with Gasteiger partial charge in [0, 0.05) is 42.9 Å². The number of ketones is 1. The summed E-state index contributed by atoms with van der Waals surface area (Å²) in [5, 5.41) is 12.1. The number of ether oxygens (including phenoxy) is 1. The molecule has 1 aliphatic rings. The number of aromatic nitrogens is 1. The van der Waals surface area contributed by atoms with Gasteiger partial charge in [-0.15, -0.1) is 0 Å². The number of hydrogen-bond donors (Lipinski definition) is 2. The first-order valence-electron chi connectivity index (χ1n) is 11.2. The number of carbonyl (C=O) groups excluding carboxylic acids is 2. The van der Waals surface area contributed by atoms with E-state index in [1.54, 1.807) is 18.2 Å². The number of hydrogen-bond acceptors (Lipinski definition) is 4. The van der Waals surface area contributed by atoms with Gasteiger partial charge in [-0.2, -0.15) is 0 Å². The van der Waals surface area contributed by atoms with E-state index < -0.39 is 17.7 Å². The van der Waals surface area contributed by atoms with Crippen LogP contribution in [0.25, 0.3) is 16.7 Å². The molecule has 0 radical (unpaired) electrons. The van der Waals surface area contributed by atoms with E-state index >= 15 is 0 Å². The van der Waals surface area contributed by atoms with E-state index in [1.165, 1.54) is 0 Å². The van der Waals surface area contributed by atoms with Crippen molar-refractivity contribution < 1.29 is 19.4 Å². The summed E-state index contributed by atoms with van der Waals surface area (Å²) in [6, 6.07) is 14.8. The highest BCUT2D eigenvalue weighted by Crippen LogP contribution is 2.41. The van der Waals surface area contributed by atoms with E-state index in [1.807, 2.05) is 48.5 Å². The number of amides is 1. The maximum Gasteiger partial charge on any atom is 0.295 e. The molecule has 1 atom stereocenters. The SMILES string of the molecule is COCCCN1C(=O)C(=O)/C(=C(\O)c2c[nH]c3ccccc23)C1c1ccc(C(C)(C)C)cc1. The van der Waals surface area contributed by atoms with Crippen molar-refractivity contribution in [2.45, 2.75) is 38.6 Å². The number of H-pyrrole nitrogens is 1. The molecule has 0 spiro atoms. The Morgan fingerprint density at radius 1 is 1.09 bits per heavy atom. The Bertz CT molecular complexity index is 1210. The molecule has 1 unspecified atom stereocenters. The van der Waals surface area contributed by atoms with Crippen LogP contribution in [0.15, 0.2) is 60.3 Å². The average Bonchev–Trinajstić information content (AvgIpc) is 3.33. The second-order valence-electron chi connectivity index (χ2n) is 9.46. The predicted molar refractivity (Wildman–Crippen MR) is 129 cm³/mol. The zero-order chi connectivity index (χ0) is 23.8. The first kappa shape index (κ1) is 22.8. The minimum atomic E-state index is -0.667. The van der Waals surface area contributed by atoms with Crippen molar-refractivity contribution in [1.82, 2.24) is 9.88 Å². The Morgan fingerprint density at radius 2 is 1.79 bits per heavy atom. The van der Waals surface area contributed by atoms with Crippen molar-refractivity contribution in [3.05, 3.63) is 77.0 Å². The highest BCUT2D eigenvalue weighted by Gasteiger charge is 2.46. The second-order valence-corrected chi connectivity index (χ2v) is 9.46. The van der Waals surface area contributed by atoms with Gasteiger partial charge in [-0.25, -0.2) is 0 Å². The molecule has 6 nitrogen and oxygen atoms in total. The summed E-state index contributed by atoms with van der Waals surface area (Å²) >= 11 is 0. The third-order valence-electron chi connectivity index (χ3n) is 6.22. The number of benzene rings is 2. The molecule has 2 aromatic carbocycles. The molecule has 0 saturated carbocycles. The first-order chi connectivity index (χ1) is 15.7. The fourth-order valence-electron chi connectivity index (χ4n) is 4.41. The molecule has 1 saturated heterocycles. The molecule has 1 aliphatic heterocycles. The molecular formula is C27H30N2O4. The Balaban J connectivity index is 1.85. The van der Waals surface area contributed by atoms with Crippen LogP contribution in [0, 0.1) is 0 Å². The number of rotatable bonds is 6. The average molecular weight is 447 g/mol. The van der Waals surface area contributed by atoms with Crippen LogP contribution in [0.2, 0.25) is 0 Å². The van der Waals surface area contributed by atoms with Gasteiger partial charge in [0.2, 0.25) is 0 Å². The minimum absolute atomic E-state index is 0.0250. The highest BCUT2D eigenvalue weighted by atomic mass is 16.5. The lowest BCUT2D eigenvalue weighted by molar-refractivity contribution is -0.140. The molecule has 1 aromatic heterocycles. The minimum Gasteiger partial charge on any atom is -0.507 e. The number of carbonyl (C=O) groups is 2. The monoisotopic (exact) mass is 446 g/mol. The van der Waals surface area contributed by atoms with Gasteiger partial charge in [0.05, 0.1) is 11.6 Å². The summed E-state index contributed by atoms with van der Waals surface area (Å²) in [5.41, 5.74) is 3.39. The largest absolute Gasteiger partial charge is 0.507 e. The number of aliphatic hydroxyl groups is 1. The molecule has 3 aromatic rings. The van der Waals surface area contributed by atoms with E-state index in [2.05, 4.69) is 25.8 Å². The Kier molecular flexibility index (Phi) is 6.13. The maximum atomic E-state index is 13.2. The number of aliphatic hydroxyl groups excluding tert-OH is 1. The molecule has 33 heavy (non-hydrogen) atoms. The van der Waals surface area contributed by atoms with Gasteiger partial charge in [-0.05, 0) is 29.0 Å². The van der Waals surface area contributed by atoms with E-state index in [-0.39, 0.29) is 16.7 Å². The molecular weight excluding hydrogens is 416 g/mol. The molecule has 0 aliphatic carbocycles. The topological polar surface area (TPSA) is 82.6 Å². The van der Waals surface area contributed by atoms with Crippen LogP contribution in [-0.4, -0.2) is 46.9 Å². The zero-order valence-corrected chi connectivity index (χ0v) is 19.5. The number of fused-ring (bicyclic) bond motifs is 1. The Hall–Kier alpha value is -3.38. The standard InChI is InChI=1S/C27H30N2O4/c1-27(2,3)18-12-10-17(11-13-18)23-22(25(31)26(32)29(23)14-7-15-33-4)24(30)20-16-28-21-9-6-5-8-19(20)21/h5-6,8-13,16,23,28,30H,7,14-15H2,1-4H3/b24-22-. The van der Waals surface area contributed by atoms with Gasteiger partial charge in [0.25, 0.3) is 11.7 Å². The third kappa shape index (κ3) is 4.18. The smallest absolute Gasteiger partial charge is 0.295 e. The fraction of sp³-hybridized carbons (Fsp3) is 0.333. The van der Waals surface area contributed by atoms with E-state index in [9.17, 15) is 14.7 Å². The number of Topliss-reactive ketones (excluding diaryl/α,β-unsaturated/α-hetero) is 1. The summed E-state index contributed by atoms with van der Waals surface area (Å²) in [4.78, 5) is 30.9. The van der Waals surface area contributed by atoms with Crippen LogP contribution in [-0.2, 0) is 19.7 Å². The molecule has 172 valence electrons. The van der Waals surface area contributed by atoms with Crippen LogP contribution in [0.5, 0.6) is 0 Å². The highest BCUT2D eigenvalue weighted by molar-refractivity contribution is 6.46. The number of methoxy groups -OCH3 is 1. The van der Waals surface area contributed by atoms with E-state index in [0.29, 0.717) is 25.1 Å². The molecule has 4 rings (SSSR count). The predicted octanol–water partition coefficient (Wildman–Crippen LogP) is 4.92. The maximum absolute atomic E-state index is 13.2. The van der Waals surface area contributed by atoms with Crippen molar-refractivity contribution in [2.75, 3.05) is 20.3 Å². The molecule has 0 bridgehead atoms. The number of nitrogens with zero attached hydrogens (tertiary/aromatic N) is 1. The summed E-state index contributed by atoms with van der Waals surface area (Å²) in [7, 11) is 1.60. The van der Waals surface area contributed by atoms with Gasteiger partial charge in [0.1, 0.15) is 5.76 Å². The second kappa shape index (κ2) is 8.87. The van der Waals surface area contributed by atoms with Crippen molar-refractivity contribution >= 4 is 28.4 Å². The van der Waals surface area contributed by atoms with Gasteiger partial charge < -0.3 is 19.7 Å². The number of likely N-dealkylation sites (tertiary alicyclic amines) is 1. The van der Waals surface area contributed by atoms with Crippen molar-refractivity contribution in [1.29, 1.82) is 0 Å². The molecule has 1 fully saturated rings. The summed E-state index contributed by atoms with van der Waals surface area (Å²) in [5.74, 6) is -1.43. The third-order valence-corrected chi connectivity index (χ3v) is 6.22. The quantitative estimate of drug-likeness (QED) is 0.244.